The Hall–Kier alpha value is -2.74. The van der Waals surface area contributed by atoms with Gasteiger partial charge in [0.05, 0.1) is 5.92 Å². The zero-order valence-corrected chi connectivity index (χ0v) is 12.6. The molecule has 3 aromatic heterocycles. The normalized spacial score (nSPS) is 20.9. The van der Waals surface area contributed by atoms with Gasteiger partial charge in [-0.3, -0.25) is 10.1 Å². The standard InChI is InChI=1S/C15H16N6O2/c1-20-8-6-16-13(20)12-10(5-9-23-12)14(22)18-15-17-11-4-2-3-7-21(11)19-15/h2-4,6-8,10,12H,5,9H2,1H3,(H,18,19,22)/t10-,12-/m1/s1. The van der Waals surface area contributed by atoms with E-state index in [1.165, 1.54) is 0 Å². The molecule has 2 atom stereocenters. The second-order valence-electron chi connectivity index (χ2n) is 5.51. The van der Waals surface area contributed by atoms with E-state index in [2.05, 4.69) is 20.4 Å². The predicted molar refractivity (Wildman–Crippen MR) is 81.6 cm³/mol. The first-order valence-corrected chi connectivity index (χ1v) is 7.43. The summed E-state index contributed by atoms with van der Waals surface area (Å²) in [7, 11) is 1.89. The molecule has 0 saturated carbocycles. The first-order chi connectivity index (χ1) is 11.2. The summed E-state index contributed by atoms with van der Waals surface area (Å²) in [5, 5.41) is 7.03. The number of ether oxygens (including phenoxy) is 1. The first-order valence-electron chi connectivity index (χ1n) is 7.43. The quantitative estimate of drug-likeness (QED) is 0.785. The van der Waals surface area contributed by atoms with Crippen molar-refractivity contribution in [1.29, 1.82) is 0 Å². The molecule has 0 spiro atoms. The maximum Gasteiger partial charge on any atom is 0.249 e. The highest BCUT2D eigenvalue weighted by atomic mass is 16.5. The molecule has 0 aliphatic carbocycles. The number of carbonyl (C=O) groups excluding carboxylic acids is 1. The number of anilines is 1. The molecule has 8 heteroatoms. The van der Waals surface area contributed by atoms with Gasteiger partial charge in [-0.15, -0.1) is 5.10 Å². The Morgan fingerprint density at radius 3 is 3.09 bits per heavy atom. The Bertz CT molecular complexity index is 821. The fraction of sp³-hybridized carbons (Fsp3) is 0.333. The molecule has 23 heavy (non-hydrogen) atoms. The number of amides is 1. The second-order valence-corrected chi connectivity index (χ2v) is 5.51. The summed E-state index contributed by atoms with van der Waals surface area (Å²) in [6.45, 7) is 0.536. The monoisotopic (exact) mass is 312 g/mol. The predicted octanol–water partition coefficient (Wildman–Crippen LogP) is 1.18. The van der Waals surface area contributed by atoms with Gasteiger partial charge in [-0.1, -0.05) is 6.07 Å². The van der Waals surface area contributed by atoms with Crippen LogP contribution in [0.4, 0.5) is 5.95 Å². The molecular weight excluding hydrogens is 296 g/mol. The number of hydrogen-bond acceptors (Lipinski definition) is 5. The van der Waals surface area contributed by atoms with Crippen molar-refractivity contribution < 1.29 is 9.53 Å². The number of imidazole rings is 1. The summed E-state index contributed by atoms with van der Waals surface area (Å²) in [6, 6.07) is 5.56. The number of fused-ring (bicyclic) bond motifs is 1. The van der Waals surface area contributed by atoms with Gasteiger partial charge in [0.25, 0.3) is 0 Å². The molecule has 0 bridgehead atoms. The van der Waals surface area contributed by atoms with E-state index < -0.39 is 0 Å². The van der Waals surface area contributed by atoms with Crippen LogP contribution < -0.4 is 5.32 Å². The van der Waals surface area contributed by atoms with Crippen LogP contribution >= 0.6 is 0 Å². The minimum absolute atomic E-state index is 0.147. The fourth-order valence-corrected chi connectivity index (χ4v) is 2.85. The van der Waals surface area contributed by atoms with E-state index in [1.54, 1.807) is 16.9 Å². The van der Waals surface area contributed by atoms with Crippen LogP contribution in [-0.4, -0.2) is 36.7 Å². The van der Waals surface area contributed by atoms with Crippen LogP contribution in [0.5, 0.6) is 0 Å². The third kappa shape index (κ3) is 2.46. The largest absolute Gasteiger partial charge is 0.369 e. The Morgan fingerprint density at radius 1 is 1.39 bits per heavy atom. The third-order valence-corrected chi connectivity index (χ3v) is 4.02. The molecule has 118 valence electrons. The molecule has 0 radical (unpaired) electrons. The van der Waals surface area contributed by atoms with Crippen LogP contribution in [0.15, 0.2) is 36.8 Å². The second kappa shape index (κ2) is 5.47. The first kappa shape index (κ1) is 13.9. The van der Waals surface area contributed by atoms with Crippen LogP contribution in [-0.2, 0) is 16.6 Å². The Morgan fingerprint density at radius 2 is 2.30 bits per heavy atom. The lowest BCUT2D eigenvalue weighted by Gasteiger charge is -2.16. The van der Waals surface area contributed by atoms with Crippen molar-refractivity contribution in [3.05, 3.63) is 42.6 Å². The summed E-state index contributed by atoms with van der Waals surface area (Å²) in [5.41, 5.74) is 0.686. The van der Waals surface area contributed by atoms with E-state index >= 15 is 0 Å². The topological polar surface area (TPSA) is 86.3 Å². The van der Waals surface area contributed by atoms with E-state index in [1.807, 2.05) is 36.0 Å². The van der Waals surface area contributed by atoms with Crippen molar-refractivity contribution in [2.24, 2.45) is 13.0 Å². The summed E-state index contributed by atoms with van der Waals surface area (Å²) in [5.74, 6) is 0.603. The molecule has 0 aromatic carbocycles. The van der Waals surface area contributed by atoms with Gasteiger partial charge in [0, 0.05) is 32.2 Å². The van der Waals surface area contributed by atoms with Crippen LogP contribution in [0.25, 0.3) is 5.65 Å². The Labute approximate surface area is 132 Å². The van der Waals surface area contributed by atoms with Crippen molar-refractivity contribution in [2.75, 3.05) is 11.9 Å². The summed E-state index contributed by atoms with van der Waals surface area (Å²) in [6.07, 6.45) is 5.64. The molecule has 1 fully saturated rings. The lowest BCUT2D eigenvalue weighted by Crippen LogP contribution is -2.27. The minimum Gasteiger partial charge on any atom is -0.369 e. The molecule has 1 amide bonds. The average molecular weight is 312 g/mol. The zero-order valence-electron chi connectivity index (χ0n) is 12.6. The van der Waals surface area contributed by atoms with E-state index in [4.69, 9.17) is 4.74 Å². The molecule has 1 aliphatic heterocycles. The van der Waals surface area contributed by atoms with Gasteiger partial charge < -0.3 is 9.30 Å². The third-order valence-electron chi connectivity index (χ3n) is 4.02. The Kier molecular flexibility index (Phi) is 3.30. The van der Waals surface area contributed by atoms with Gasteiger partial charge in [0.2, 0.25) is 11.9 Å². The van der Waals surface area contributed by atoms with Crippen LogP contribution in [0.3, 0.4) is 0 Å². The van der Waals surface area contributed by atoms with Gasteiger partial charge in [0.15, 0.2) is 5.65 Å². The van der Waals surface area contributed by atoms with Gasteiger partial charge >= 0.3 is 0 Å². The maximum absolute atomic E-state index is 12.6. The van der Waals surface area contributed by atoms with Crippen LogP contribution in [0, 0.1) is 5.92 Å². The number of hydrogen-bond donors (Lipinski definition) is 1. The lowest BCUT2D eigenvalue weighted by atomic mass is 10.00. The lowest BCUT2D eigenvalue weighted by molar-refractivity contribution is -0.121. The average Bonchev–Trinajstić information content (AvgIpc) is 3.24. The zero-order chi connectivity index (χ0) is 15.8. The van der Waals surface area contributed by atoms with E-state index in [0.717, 1.165) is 5.82 Å². The van der Waals surface area contributed by atoms with Crippen molar-refractivity contribution in [3.8, 4) is 0 Å². The number of aryl methyl sites for hydroxylation is 1. The highest BCUT2D eigenvalue weighted by molar-refractivity contribution is 5.91. The highest BCUT2D eigenvalue weighted by Crippen LogP contribution is 2.34. The maximum atomic E-state index is 12.6. The molecular formula is C15H16N6O2. The number of rotatable bonds is 3. The molecule has 0 unspecified atom stereocenters. The minimum atomic E-state index is -0.341. The van der Waals surface area contributed by atoms with Crippen molar-refractivity contribution >= 4 is 17.5 Å². The SMILES string of the molecule is Cn1ccnc1[C@@H]1OCC[C@H]1C(=O)Nc1nc2ccccn2n1. The van der Waals surface area contributed by atoms with Crippen molar-refractivity contribution in [3.63, 3.8) is 0 Å². The number of pyridine rings is 1. The van der Waals surface area contributed by atoms with Gasteiger partial charge in [-0.05, 0) is 18.6 Å². The summed E-state index contributed by atoms with van der Waals surface area (Å²) >= 11 is 0. The molecule has 1 saturated heterocycles. The summed E-state index contributed by atoms with van der Waals surface area (Å²) < 4.78 is 9.21. The van der Waals surface area contributed by atoms with Crippen molar-refractivity contribution in [1.82, 2.24) is 24.1 Å². The van der Waals surface area contributed by atoms with Gasteiger partial charge in [-0.25, -0.2) is 9.50 Å². The van der Waals surface area contributed by atoms with Crippen LogP contribution in [0.1, 0.15) is 18.3 Å². The summed E-state index contributed by atoms with van der Waals surface area (Å²) in [4.78, 5) is 21.2. The van der Waals surface area contributed by atoms with Gasteiger partial charge in [0.1, 0.15) is 11.9 Å². The molecule has 4 heterocycles. The van der Waals surface area contributed by atoms with Crippen LogP contribution in [0.2, 0.25) is 0 Å². The van der Waals surface area contributed by atoms with Gasteiger partial charge in [-0.2, -0.15) is 4.98 Å². The molecule has 8 nitrogen and oxygen atoms in total. The van der Waals surface area contributed by atoms with E-state index in [-0.39, 0.29) is 17.9 Å². The number of nitrogens with one attached hydrogen (secondary N) is 1. The molecule has 4 rings (SSSR count). The van der Waals surface area contributed by atoms with E-state index in [0.29, 0.717) is 24.6 Å². The number of nitrogens with zero attached hydrogens (tertiary/aromatic N) is 5. The Balaban J connectivity index is 1.55. The number of carbonyl (C=O) groups is 1. The molecule has 1 N–H and O–H groups in total. The highest BCUT2D eigenvalue weighted by Gasteiger charge is 2.37. The van der Waals surface area contributed by atoms with E-state index in [9.17, 15) is 4.79 Å². The number of aromatic nitrogens is 5. The fourth-order valence-electron chi connectivity index (χ4n) is 2.85. The smallest absolute Gasteiger partial charge is 0.249 e. The molecule has 3 aromatic rings. The van der Waals surface area contributed by atoms with Crippen molar-refractivity contribution in [2.45, 2.75) is 12.5 Å². The molecule has 1 aliphatic rings.